The van der Waals surface area contributed by atoms with Gasteiger partial charge in [-0.25, -0.2) is 9.48 Å². The molecule has 0 saturated carbocycles. The van der Waals surface area contributed by atoms with E-state index >= 15 is 0 Å². The van der Waals surface area contributed by atoms with Crippen LogP contribution in [-0.4, -0.2) is 86.6 Å². The Hall–Kier alpha value is -2.19. The number of carbonyl (C=O) groups is 2. The number of hydrogen-bond acceptors (Lipinski definition) is 5. The third-order valence-corrected chi connectivity index (χ3v) is 4.63. The lowest BCUT2D eigenvalue weighted by Gasteiger charge is -2.36. The Labute approximate surface area is 135 Å². The van der Waals surface area contributed by atoms with Crippen molar-refractivity contribution in [1.29, 1.82) is 0 Å². The summed E-state index contributed by atoms with van der Waals surface area (Å²) in [5.41, 5.74) is 0. The van der Waals surface area contributed by atoms with Gasteiger partial charge < -0.3 is 14.7 Å². The fourth-order valence-electron chi connectivity index (χ4n) is 3.46. The molecule has 1 aromatic heterocycles. The first-order valence-corrected chi connectivity index (χ1v) is 8.01. The van der Waals surface area contributed by atoms with E-state index in [1.54, 1.807) is 23.7 Å². The number of piperidine rings is 1. The van der Waals surface area contributed by atoms with Crippen molar-refractivity contribution in [1.82, 2.24) is 34.9 Å². The molecule has 0 unspecified atom stereocenters. The number of amides is 3. The van der Waals surface area contributed by atoms with Crippen LogP contribution in [0.4, 0.5) is 4.79 Å². The van der Waals surface area contributed by atoms with Crippen molar-refractivity contribution in [2.24, 2.45) is 5.92 Å². The molecule has 9 nitrogen and oxygen atoms in total. The Bertz CT molecular complexity index is 559. The minimum atomic E-state index is 0.0323. The molecule has 4 rings (SSSR count). The van der Waals surface area contributed by atoms with Gasteiger partial charge >= 0.3 is 6.03 Å². The molecule has 0 N–H and O–H groups in total. The molecule has 3 amide bonds. The molecule has 0 radical (unpaired) electrons. The summed E-state index contributed by atoms with van der Waals surface area (Å²) in [6.07, 6.45) is 3.95. The van der Waals surface area contributed by atoms with Crippen molar-refractivity contribution < 1.29 is 9.59 Å². The molecule has 2 atom stereocenters. The minimum Gasteiger partial charge on any atom is -0.338 e. The smallest absolute Gasteiger partial charge is 0.319 e. The number of carbonyl (C=O) groups excluding carboxylic acids is 2. The standard InChI is InChI=1S/C14H23N7O2/c1-18(2)14(23)19-7-11-3-4-12(9-19)21(8-11)13(22)5-6-20-10-15-16-17-20/h10-12H,3-9H2,1-2H3/t11-,12+/m1/s1. The van der Waals surface area contributed by atoms with E-state index < -0.39 is 0 Å². The van der Waals surface area contributed by atoms with Crippen molar-refractivity contribution in [2.45, 2.75) is 31.8 Å². The first kappa shape index (κ1) is 15.7. The molecular formula is C14H23N7O2. The average Bonchev–Trinajstić information content (AvgIpc) is 2.89. The molecule has 23 heavy (non-hydrogen) atoms. The predicted octanol–water partition coefficient (Wildman–Crippen LogP) is -0.332. The highest BCUT2D eigenvalue weighted by atomic mass is 16.2. The summed E-state index contributed by atoms with van der Waals surface area (Å²) < 4.78 is 1.57. The topological polar surface area (TPSA) is 87.5 Å². The summed E-state index contributed by atoms with van der Waals surface area (Å²) in [6, 6.07) is 0.156. The second kappa shape index (κ2) is 6.51. The van der Waals surface area contributed by atoms with Crippen LogP contribution in [0.1, 0.15) is 19.3 Å². The van der Waals surface area contributed by atoms with E-state index in [2.05, 4.69) is 15.5 Å². The van der Waals surface area contributed by atoms with Crippen molar-refractivity contribution >= 4 is 11.9 Å². The third kappa shape index (κ3) is 3.43. The quantitative estimate of drug-likeness (QED) is 0.760. The molecule has 4 heterocycles. The Morgan fingerprint density at radius 2 is 2.04 bits per heavy atom. The van der Waals surface area contributed by atoms with Crippen molar-refractivity contribution in [3.63, 3.8) is 0 Å². The van der Waals surface area contributed by atoms with Gasteiger partial charge in [0, 0.05) is 46.2 Å². The highest BCUT2D eigenvalue weighted by Gasteiger charge is 2.38. The fourth-order valence-corrected chi connectivity index (χ4v) is 3.46. The summed E-state index contributed by atoms with van der Waals surface area (Å²) in [5, 5.41) is 10.9. The van der Waals surface area contributed by atoms with E-state index in [-0.39, 0.29) is 18.0 Å². The van der Waals surface area contributed by atoms with Crippen LogP contribution in [0.3, 0.4) is 0 Å². The molecular weight excluding hydrogens is 298 g/mol. The number of fused-ring (bicyclic) bond motifs is 4. The van der Waals surface area contributed by atoms with Crippen LogP contribution in [0, 0.1) is 5.92 Å². The zero-order valence-corrected chi connectivity index (χ0v) is 13.6. The maximum Gasteiger partial charge on any atom is 0.319 e. The maximum atomic E-state index is 12.6. The van der Waals surface area contributed by atoms with E-state index in [1.165, 1.54) is 6.33 Å². The van der Waals surface area contributed by atoms with Gasteiger partial charge in [0.25, 0.3) is 0 Å². The van der Waals surface area contributed by atoms with Crippen LogP contribution in [0.2, 0.25) is 0 Å². The van der Waals surface area contributed by atoms with Crippen LogP contribution in [0.25, 0.3) is 0 Å². The number of hydrogen-bond donors (Lipinski definition) is 0. The molecule has 1 aromatic rings. The molecule has 3 fully saturated rings. The lowest BCUT2D eigenvalue weighted by molar-refractivity contribution is -0.135. The molecule has 3 aliphatic rings. The molecule has 2 bridgehead atoms. The van der Waals surface area contributed by atoms with Gasteiger partial charge in [0.1, 0.15) is 6.33 Å². The summed E-state index contributed by atoms with van der Waals surface area (Å²) >= 11 is 0. The van der Waals surface area contributed by atoms with Crippen LogP contribution in [-0.2, 0) is 11.3 Å². The molecule has 0 aliphatic carbocycles. The van der Waals surface area contributed by atoms with Crippen LogP contribution < -0.4 is 0 Å². The second-order valence-electron chi connectivity index (χ2n) is 6.55. The maximum absolute atomic E-state index is 12.6. The van der Waals surface area contributed by atoms with Gasteiger partial charge in [-0.05, 0) is 29.2 Å². The summed E-state index contributed by atoms with van der Waals surface area (Å²) in [6.45, 7) is 2.60. The molecule has 0 aromatic carbocycles. The Kier molecular flexibility index (Phi) is 4.44. The number of nitrogens with zero attached hydrogens (tertiary/aromatic N) is 7. The van der Waals surface area contributed by atoms with Gasteiger partial charge in [-0.15, -0.1) is 5.10 Å². The first-order chi connectivity index (χ1) is 11.0. The second-order valence-corrected chi connectivity index (χ2v) is 6.55. The predicted molar refractivity (Wildman–Crippen MR) is 81.3 cm³/mol. The zero-order valence-electron chi connectivity index (χ0n) is 13.6. The minimum absolute atomic E-state index is 0.0323. The van der Waals surface area contributed by atoms with Gasteiger partial charge in [-0.1, -0.05) is 0 Å². The summed E-state index contributed by atoms with van der Waals surface area (Å²) in [7, 11) is 3.54. The van der Waals surface area contributed by atoms with E-state index in [9.17, 15) is 9.59 Å². The van der Waals surface area contributed by atoms with E-state index in [0.717, 1.165) is 25.9 Å². The van der Waals surface area contributed by atoms with Crippen molar-refractivity contribution in [3.05, 3.63) is 6.33 Å². The fraction of sp³-hybridized carbons (Fsp3) is 0.786. The summed E-state index contributed by atoms with van der Waals surface area (Å²) in [5.74, 6) is 0.490. The van der Waals surface area contributed by atoms with E-state index in [4.69, 9.17) is 0 Å². The van der Waals surface area contributed by atoms with Crippen molar-refractivity contribution in [3.8, 4) is 0 Å². The van der Waals surface area contributed by atoms with Crippen LogP contribution in [0.15, 0.2) is 6.33 Å². The number of aromatic nitrogens is 4. The molecule has 3 saturated heterocycles. The number of aryl methyl sites for hydroxylation is 1. The Balaban J connectivity index is 1.63. The number of tetrazole rings is 1. The Morgan fingerprint density at radius 3 is 2.74 bits per heavy atom. The van der Waals surface area contributed by atoms with Crippen molar-refractivity contribution in [2.75, 3.05) is 33.7 Å². The van der Waals surface area contributed by atoms with E-state index in [1.807, 2.05) is 9.80 Å². The molecule has 126 valence electrons. The highest BCUT2D eigenvalue weighted by Crippen LogP contribution is 2.28. The largest absolute Gasteiger partial charge is 0.338 e. The SMILES string of the molecule is CN(C)C(=O)N1C[C@H]2CC[C@@H](C1)N(C(=O)CCn1cnnn1)C2. The molecule has 9 heteroatoms. The highest BCUT2D eigenvalue weighted by molar-refractivity contribution is 5.77. The Morgan fingerprint density at radius 1 is 1.22 bits per heavy atom. The lowest BCUT2D eigenvalue weighted by Crippen LogP contribution is -2.48. The van der Waals surface area contributed by atoms with Crippen LogP contribution >= 0.6 is 0 Å². The molecule has 0 spiro atoms. The van der Waals surface area contributed by atoms with E-state index in [0.29, 0.717) is 25.4 Å². The average molecular weight is 321 g/mol. The summed E-state index contributed by atoms with van der Waals surface area (Å²) in [4.78, 5) is 30.3. The third-order valence-electron chi connectivity index (χ3n) is 4.63. The number of urea groups is 1. The van der Waals surface area contributed by atoms with Gasteiger partial charge in [0.2, 0.25) is 5.91 Å². The van der Waals surface area contributed by atoms with Gasteiger partial charge in [-0.2, -0.15) is 0 Å². The number of rotatable bonds is 3. The monoisotopic (exact) mass is 321 g/mol. The zero-order chi connectivity index (χ0) is 16.4. The first-order valence-electron chi connectivity index (χ1n) is 8.01. The van der Waals surface area contributed by atoms with Crippen LogP contribution in [0.5, 0.6) is 0 Å². The van der Waals surface area contributed by atoms with Gasteiger partial charge in [0.05, 0.1) is 6.54 Å². The van der Waals surface area contributed by atoms with Gasteiger partial charge in [-0.3, -0.25) is 4.79 Å². The van der Waals surface area contributed by atoms with Gasteiger partial charge in [0.15, 0.2) is 0 Å². The molecule has 3 aliphatic heterocycles. The lowest BCUT2D eigenvalue weighted by atomic mass is 9.95. The normalized spacial score (nSPS) is 23.7.